The van der Waals surface area contributed by atoms with Gasteiger partial charge in [-0.25, -0.2) is 9.97 Å². The van der Waals surface area contributed by atoms with Crippen LogP contribution in [-0.2, 0) is 0 Å². The molecular weight excluding hydrogens is 178 g/mol. The highest BCUT2D eigenvalue weighted by Gasteiger charge is 2.04. The molecule has 0 aliphatic rings. The minimum atomic E-state index is 0.175. The number of nitrogens with zero attached hydrogens (tertiary/aromatic N) is 2. The molecule has 0 saturated carbocycles. The van der Waals surface area contributed by atoms with Gasteiger partial charge in [-0.05, 0) is 18.2 Å². The van der Waals surface area contributed by atoms with E-state index in [2.05, 4.69) is 9.97 Å². The maximum atomic E-state index is 9.58. The fraction of sp³-hybridized carbons (Fsp3) is 0. The smallest absolute Gasteiger partial charge is 0.123 e. The molecule has 2 aromatic rings. The zero-order valence-corrected chi connectivity index (χ0v) is 7.38. The Hall–Kier alpha value is -2.10. The number of nitrogens with two attached hydrogens (primary N) is 1. The molecule has 0 unspecified atom stereocenters. The molecule has 0 aliphatic heterocycles. The van der Waals surface area contributed by atoms with Gasteiger partial charge in [0.2, 0.25) is 0 Å². The monoisotopic (exact) mass is 187 g/mol. The predicted molar refractivity (Wildman–Crippen MR) is 53.5 cm³/mol. The number of hydrogen-bond donors (Lipinski definition) is 2. The standard InChI is InChI=1S/C10H9N3O/c11-8-1-2-10(14)9(3-8)7-4-12-6-13-5-7/h1-6,14H,11H2. The molecule has 0 aliphatic carbocycles. The van der Waals surface area contributed by atoms with Gasteiger partial charge >= 0.3 is 0 Å². The lowest BCUT2D eigenvalue weighted by Gasteiger charge is -2.04. The van der Waals surface area contributed by atoms with Gasteiger partial charge < -0.3 is 10.8 Å². The highest BCUT2D eigenvalue weighted by atomic mass is 16.3. The van der Waals surface area contributed by atoms with Crippen molar-refractivity contribution in [2.75, 3.05) is 5.73 Å². The number of hydrogen-bond acceptors (Lipinski definition) is 4. The zero-order chi connectivity index (χ0) is 9.97. The summed E-state index contributed by atoms with van der Waals surface area (Å²) < 4.78 is 0. The Balaban J connectivity index is 2.57. The third-order valence-electron chi connectivity index (χ3n) is 1.89. The SMILES string of the molecule is Nc1ccc(O)c(-c2cncnc2)c1. The molecule has 0 radical (unpaired) electrons. The van der Waals surface area contributed by atoms with E-state index in [1.165, 1.54) is 6.33 Å². The van der Waals surface area contributed by atoms with Gasteiger partial charge in [-0.2, -0.15) is 0 Å². The van der Waals surface area contributed by atoms with Crippen LogP contribution >= 0.6 is 0 Å². The predicted octanol–water partition coefficient (Wildman–Crippen LogP) is 1.43. The molecule has 0 saturated heterocycles. The van der Waals surface area contributed by atoms with Crippen LogP contribution in [0, 0.1) is 0 Å². The van der Waals surface area contributed by atoms with Gasteiger partial charge in [-0.1, -0.05) is 0 Å². The number of benzene rings is 1. The molecular formula is C10H9N3O. The van der Waals surface area contributed by atoms with E-state index in [0.717, 1.165) is 5.56 Å². The van der Waals surface area contributed by atoms with Gasteiger partial charge in [-0.15, -0.1) is 0 Å². The molecule has 0 atom stereocenters. The van der Waals surface area contributed by atoms with Crippen LogP contribution in [-0.4, -0.2) is 15.1 Å². The van der Waals surface area contributed by atoms with Gasteiger partial charge in [0.05, 0.1) is 0 Å². The van der Waals surface area contributed by atoms with Gasteiger partial charge in [0, 0.05) is 29.2 Å². The first-order chi connectivity index (χ1) is 6.77. The first-order valence-electron chi connectivity index (χ1n) is 4.11. The zero-order valence-electron chi connectivity index (χ0n) is 7.38. The minimum absolute atomic E-state index is 0.175. The van der Waals surface area contributed by atoms with Crippen molar-refractivity contribution in [3.8, 4) is 16.9 Å². The molecule has 0 spiro atoms. The van der Waals surface area contributed by atoms with Crippen molar-refractivity contribution in [2.45, 2.75) is 0 Å². The summed E-state index contributed by atoms with van der Waals surface area (Å²) in [5.41, 5.74) is 7.60. The van der Waals surface area contributed by atoms with Gasteiger partial charge in [0.1, 0.15) is 12.1 Å². The highest BCUT2D eigenvalue weighted by Crippen LogP contribution is 2.29. The molecule has 3 N–H and O–H groups in total. The van der Waals surface area contributed by atoms with E-state index in [-0.39, 0.29) is 5.75 Å². The Labute approximate surface area is 81.1 Å². The number of nitrogen functional groups attached to an aromatic ring is 1. The molecule has 4 nitrogen and oxygen atoms in total. The number of phenols is 1. The third kappa shape index (κ3) is 1.50. The summed E-state index contributed by atoms with van der Waals surface area (Å²) in [4.78, 5) is 7.74. The largest absolute Gasteiger partial charge is 0.507 e. The van der Waals surface area contributed by atoms with Crippen LogP contribution in [0.25, 0.3) is 11.1 Å². The van der Waals surface area contributed by atoms with Crippen molar-refractivity contribution >= 4 is 5.69 Å². The minimum Gasteiger partial charge on any atom is -0.507 e. The first kappa shape index (κ1) is 8.50. The molecule has 1 aromatic carbocycles. The average molecular weight is 187 g/mol. The topological polar surface area (TPSA) is 72.0 Å². The van der Waals surface area contributed by atoms with Crippen molar-refractivity contribution in [2.24, 2.45) is 0 Å². The Morgan fingerprint density at radius 2 is 1.86 bits per heavy atom. The van der Waals surface area contributed by atoms with E-state index in [4.69, 9.17) is 5.73 Å². The first-order valence-corrected chi connectivity index (χ1v) is 4.11. The van der Waals surface area contributed by atoms with Gasteiger partial charge in [0.15, 0.2) is 0 Å². The second-order valence-electron chi connectivity index (χ2n) is 2.90. The molecule has 0 bridgehead atoms. The molecule has 0 amide bonds. The third-order valence-corrected chi connectivity index (χ3v) is 1.89. The van der Waals surface area contributed by atoms with Crippen LogP contribution < -0.4 is 5.73 Å². The van der Waals surface area contributed by atoms with Crippen molar-refractivity contribution in [1.82, 2.24) is 9.97 Å². The highest BCUT2D eigenvalue weighted by molar-refractivity contribution is 5.72. The van der Waals surface area contributed by atoms with Gasteiger partial charge in [-0.3, -0.25) is 0 Å². The molecule has 14 heavy (non-hydrogen) atoms. The van der Waals surface area contributed by atoms with Gasteiger partial charge in [0.25, 0.3) is 0 Å². The Kier molecular flexibility index (Phi) is 2.02. The summed E-state index contributed by atoms with van der Waals surface area (Å²) in [6, 6.07) is 4.88. The maximum absolute atomic E-state index is 9.58. The second kappa shape index (κ2) is 3.33. The molecule has 70 valence electrons. The van der Waals surface area contributed by atoms with Crippen molar-refractivity contribution in [1.29, 1.82) is 0 Å². The number of aromatic nitrogens is 2. The van der Waals surface area contributed by atoms with E-state index in [0.29, 0.717) is 11.3 Å². The van der Waals surface area contributed by atoms with Crippen molar-refractivity contribution < 1.29 is 5.11 Å². The van der Waals surface area contributed by atoms with E-state index in [9.17, 15) is 5.11 Å². The van der Waals surface area contributed by atoms with Crippen LogP contribution in [0.5, 0.6) is 5.75 Å². The van der Waals surface area contributed by atoms with Crippen LogP contribution in [0.2, 0.25) is 0 Å². The number of phenolic OH excluding ortho intramolecular Hbond substituents is 1. The maximum Gasteiger partial charge on any atom is 0.123 e. The number of aromatic hydroxyl groups is 1. The summed E-state index contributed by atoms with van der Waals surface area (Å²) in [5, 5.41) is 9.58. The Morgan fingerprint density at radius 1 is 1.14 bits per heavy atom. The number of anilines is 1. The van der Waals surface area contributed by atoms with E-state index in [1.807, 2.05) is 0 Å². The lowest BCUT2D eigenvalue weighted by atomic mass is 10.1. The summed E-state index contributed by atoms with van der Waals surface area (Å²) in [7, 11) is 0. The van der Waals surface area contributed by atoms with Crippen LogP contribution in [0.15, 0.2) is 36.9 Å². The summed E-state index contributed by atoms with van der Waals surface area (Å²) in [5.74, 6) is 0.175. The van der Waals surface area contributed by atoms with E-state index < -0.39 is 0 Å². The van der Waals surface area contributed by atoms with Crippen LogP contribution in [0.1, 0.15) is 0 Å². The molecule has 0 fully saturated rings. The number of rotatable bonds is 1. The van der Waals surface area contributed by atoms with E-state index >= 15 is 0 Å². The van der Waals surface area contributed by atoms with Crippen molar-refractivity contribution in [3.63, 3.8) is 0 Å². The Bertz CT molecular complexity index is 442. The van der Waals surface area contributed by atoms with Crippen LogP contribution in [0.3, 0.4) is 0 Å². The quantitative estimate of drug-likeness (QED) is 0.523. The fourth-order valence-electron chi connectivity index (χ4n) is 1.22. The summed E-state index contributed by atoms with van der Waals surface area (Å²) in [6.07, 6.45) is 4.69. The molecule has 1 aromatic heterocycles. The summed E-state index contributed by atoms with van der Waals surface area (Å²) >= 11 is 0. The Morgan fingerprint density at radius 3 is 2.57 bits per heavy atom. The fourth-order valence-corrected chi connectivity index (χ4v) is 1.22. The molecule has 1 heterocycles. The average Bonchev–Trinajstić information content (AvgIpc) is 2.23. The van der Waals surface area contributed by atoms with Crippen LogP contribution in [0.4, 0.5) is 5.69 Å². The summed E-state index contributed by atoms with van der Waals surface area (Å²) in [6.45, 7) is 0. The molecule has 2 rings (SSSR count). The normalized spacial score (nSPS) is 10.0. The molecule has 4 heteroatoms. The lowest BCUT2D eigenvalue weighted by molar-refractivity contribution is 0.477. The second-order valence-corrected chi connectivity index (χ2v) is 2.90. The van der Waals surface area contributed by atoms with Crippen molar-refractivity contribution in [3.05, 3.63) is 36.9 Å². The lowest BCUT2D eigenvalue weighted by Crippen LogP contribution is -1.87. The van der Waals surface area contributed by atoms with E-state index in [1.54, 1.807) is 30.6 Å².